The molecule has 0 fully saturated rings. The van der Waals surface area contributed by atoms with Gasteiger partial charge in [0.1, 0.15) is 0 Å². The Morgan fingerprint density at radius 1 is 1.21 bits per heavy atom. The fourth-order valence-corrected chi connectivity index (χ4v) is 0.650. The highest BCUT2D eigenvalue weighted by Crippen LogP contribution is 1.93. The van der Waals surface area contributed by atoms with Gasteiger partial charge in [-0.2, -0.15) is 0 Å². The summed E-state index contributed by atoms with van der Waals surface area (Å²) in [5, 5.41) is 0. The van der Waals surface area contributed by atoms with Gasteiger partial charge in [-0.25, -0.2) is 9.59 Å². The fourth-order valence-electron chi connectivity index (χ4n) is 0.650. The Kier molecular flexibility index (Phi) is 7.22. The summed E-state index contributed by atoms with van der Waals surface area (Å²) in [6.07, 6.45) is 1.66. The summed E-state index contributed by atoms with van der Waals surface area (Å²) in [6, 6.07) is 0. The first-order valence-corrected chi connectivity index (χ1v) is 4.20. The zero-order chi connectivity index (χ0) is 10.8. The van der Waals surface area contributed by atoms with Gasteiger partial charge in [0.05, 0.1) is 20.3 Å². The average Bonchev–Trinajstić information content (AvgIpc) is 2.22. The van der Waals surface area contributed by atoms with Crippen molar-refractivity contribution < 1.29 is 23.8 Å². The third-order valence-corrected chi connectivity index (χ3v) is 1.34. The maximum absolute atomic E-state index is 10.6. The van der Waals surface area contributed by atoms with Crippen molar-refractivity contribution in [1.82, 2.24) is 0 Å². The Hall–Kier alpha value is -1.52. The number of esters is 1. The van der Waals surface area contributed by atoms with Crippen molar-refractivity contribution in [3.63, 3.8) is 0 Å². The maximum atomic E-state index is 10.6. The molecule has 0 radical (unpaired) electrons. The Labute approximate surface area is 82.6 Å². The van der Waals surface area contributed by atoms with E-state index in [-0.39, 0.29) is 6.61 Å². The molecule has 0 atom stereocenters. The predicted octanol–water partition coefficient (Wildman–Crippen LogP) is 1.28. The fraction of sp³-hybridized carbons (Fsp3) is 0.556. The minimum absolute atomic E-state index is 0.262. The van der Waals surface area contributed by atoms with Crippen LogP contribution in [0.15, 0.2) is 12.7 Å². The number of carbonyl (C=O) groups is 2. The first-order valence-electron chi connectivity index (χ1n) is 4.20. The molecule has 0 N–H and O–H groups in total. The number of carbonyl (C=O) groups excluding carboxylic acids is 2. The van der Waals surface area contributed by atoms with Crippen LogP contribution in [0.2, 0.25) is 0 Å². The summed E-state index contributed by atoms with van der Waals surface area (Å²) >= 11 is 0. The van der Waals surface area contributed by atoms with Crippen LogP contribution in [0.1, 0.15) is 12.8 Å². The van der Waals surface area contributed by atoms with Crippen LogP contribution < -0.4 is 0 Å². The van der Waals surface area contributed by atoms with Gasteiger partial charge in [-0.15, -0.1) is 0 Å². The van der Waals surface area contributed by atoms with E-state index in [2.05, 4.69) is 16.1 Å². The first kappa shape index (κ1) is 12.5. The van der Waals surface area contributed by atoms with Crippen molar-refractivity contribution in [3.8, 4) is 0 Å². The van der Waals surface area contributed by atoms with Crippen LogP contribution in [0, 0.1) is 0 Å². The molecule has 0 aliphatic rings. The molecule has 0 saturated carbocycles. The zero-order valence-electron chi connectivity index (χ0n) is 8.15. The number of unbranched alkanes of at least 4 members (excludes halogenated alkanes) is 1. The third kappa shape index (κ3) is 7.15. The van der Waals surface area contributed by atoms with E-state index >= 15 is 0 Å². The summed E-state index contributed by atoms with van der Waals surface area (Å²) in [7, 11) is 1.24. The van der Waals surface area contributed by atoms with Crippen LogP contribution in [0.4, 0.5) is 4.79 Å². The van der Waals surface area contributed by atoms with Crippen LogP contribution in [0.5, 0.6) is 0 Å². The molecular formula is C9H14O5. The van der Waals surface area contributed by atoms with Gasteiger partial charge in [0.15, 0.2) is 0 Å². The lowest BCUT2D eigenvalue weighted by molar-refractivity contribution is -0.137. The summed E-state index contributed by atoms with van der Waals surface area (Å²) in [4.78, 5) is 21.0. The standard InChI is InChI=1S/C9H14O5/c1-3-8(10)13-6-4-5-7-14-9(11)12-2/h3H,1,4-7H2,2H3. The Morgan fingerprint density at radius 2 is 1.79 bits per heavy atom. The summed E-state index contributed by atoms with van der Waals surface area (Å²) in [6.45, 7) is 3.81. The molecule has 5 nitrogen and oxygen atoms in total. The maximum Gasteiger partial charge on any atom is 0.507 e. The molecule has 0 spiro atoms. The van der Waals surface area contributed by atoms with Crippen LogP contribution >= 0.6 is 0 Å². The quantitative estimate of drug-likeness (QED) is 0.369. The van der Waals surface area contributed by atoms with Gasteiger partial charge in [0.2, 0.25) is 0 Å². The van der Waals surface area contributed by atoms with Gasteiger partial charge in [0, 0.05) is 6.08 Å². The van der Waals surface area contributed by atoms with Crippen molar-refractivity contribution in [2.45, 2.75) is 12.8 Å². The summed E-state index contributed by atoms with van der Waals surface area (Å²) in [5.74, 6) is -0.445. The van der Waals surface area contributed by atoms with E-state index in [1.54, 1.807) is 0 Å². The normalized spacial score (nSPS) is 8.93. The highest BCUT2D eigenvalue weighted by Gasteiger charge is 1.99. The largest absolute Gasteiger partial charge is 0.507 e. The van der Waals surface area contributed by atoms with Crippen molar-refractivity contribution in [2.75, 3.05) is 20.3 Å². The number of methoxy groups -OCH3 is 1. The van der Waals surface area contributed by atoms with Crippen molar-refractivity contribution in [2.24, 2.45) is 0 Å². The Morgan fingerprint density at radius 3 is 2.29 bits per heavy atom. The molecule has 0 unspecified atom stereocenters. The third-order valence-electron chi connectivity index (χ3n) is 1.34. The molecule has 5 heteroatoms. The molecule has 0 saturated heterocycles. The molecule has 0 aliphatic carbocycles. The molecule has 0 aromatic carbocycles. The van der Waals surface area contributed by atoms with Crippen molar-refractivity contribution in [3.05, 3.63) is 12.7 Å². The van der Waals surface area contributed by atoms with E-state index in [1.807, 2.05) is 0 Å². The summed E-state index contributed by atoms with van der Waals surface area (Å²) < 4.78 is 13.6. The number of hydrogen-bond donors (Lipinski definition) is 0. The summed E-state index contributed by atoms with van der Waals surface area (Å²) in [5.41, 5.74) is 0. The van der Waals surface area contributed by atoms with E-state index in [0.717, 1.165) is 6.08 Å². The van der Waals surface area contributed by atoms with E-state index in [4.69, 9.17) is 4.74 Å². The number of hydrogen-bond acceptors (Lipinski definition) is 5. The van der Waals surface area contributed by atoms with Gasteiger partial charge >= 0.3 is 12.1 Å². The van der Waals surface area contributed by atoms with E-state index in [0.29, 0.717) is 19.4 Å². The number of ether oxygens (including phenoxy) is 3. The molecule has 0 amide bonds. The van der Waals surface area contributed by atoms with Gasteiger partial charge in [0.25, 0.3) is 0 Å². The topological polar surface area (TPSA) is 61.8 Å². The monoisotopic (exact) mass is 202 g/mol. The minimum Gasteiger partial charge on any atom is -0.463 e. The molecule has 0 aromatic heterocycles. The second-order valence-electron chi connectivity index (χ2n) is 2.38. The smallest absolute Gasteiger partial charge is 0.463 e. The molecule has 0 aliphatic heterocycles. The predicted molar refractivity (Wildman–Crippen MR) is 48.7 cm³/mol. The SMILES string of the molecule is C=CC(=O)OCCCCOC(=O)OC. The first-order chi connectivity index (χ1) is 6.70. The van der Waals surface area contributed by atoms with Gasteiger partial charge in [-0.05, 0) is 12.8 Å². The molecular weight excluding hydrogens is 188 g/mol. The van der Waals surface area contributed by atoms with Crippen LogP contribution in [0.3, 0.4) is 0 Å². The lowest BCUT2D eigenvalue weighted by Crippen LogP contribution is -2.07. The second-order valence-corrected chi connectivity index (χ2v) is 2.38. The Bertz CT molecular complexity index is 199. The highest BCUT2D eigenvalue weighted by molar-refractivity contribution is 5.81. The lowest BCUT2D eigenvalue weighted by Gasteiger charge is -2.03. The molecule has 0 heterocycles. The van der Waals surface area contributed by atoms with E-state index < -0.39 is 12.1 Å². The van der Waals surface area contributed by atoms with Crippen LogP contribution in [-0.2, 0) is 19.0 Å². The minimum atomic E-state index is -0.701. The zero-order valence-corrected chi connectivity index (χ0v) is 8.15. The lowest BCUT2D eigenvalue weighted by atomic mass is 10.3. The Balaban J connectivity index is 3.18. The van der Waals surface area contributed by atoms with Crippen molar-refractivity contribution >= 4 is 12.1 Å². The number of rotatable bonds is 6. The van der Waals surface area contributed by atoms with Crippen LogP contribution in [-0.4, -0.2) is 32.4 Å². The molecule has 14 heavy (non-hydrogen) atoms. The van der Waals surface area contributed by atoms with Gasteiger partial charge in [-0.3, -0.25) is 0 Å². The van der Waals surface area contributed by atoms with E-state index in [9.17, 15) is 9.59 Å². The molecule has 0 bridgehead atoms. The molecule has 0 rings (SSSR count). The molecule has 80 valence electrons. The average molecular weight is 202 g/mol. The highest BCUT2D eigenvalue weighted by atomic mass is 16.7. The van der Waals surface area contributed by atoms with E-state index in [1.165, 1.54) is 7.11 Å². The van der Waals surface area contributed by atoms with Gasteiger partial charge < -0.3 is 14.2 Å². The van der Waals surface area contributed by atoms with Crippen molar-refractivity contribution in [1.29, 1.82) is 0 Å². The van der Waals surface area contributed by atoms with Crippen LogP contribution in [0.25, 0.3) is 0 Å². The second kappa shape index (κ2) is 8.10. The molecule has 0 aromatic rings. The van der Waals surface area contributed by atoms with Gasteiger partial charge in [-0.1, -0.05) is 6.58 Å².